The molecule has 0 atom stereocenters. The highest BCUT2D eigenvalue weighted by molar-refractivity contribution is 6.33. The van der Waals surface area contributed by atoms with Crippen molar-refractivity contribution in [1.29, 1.82) is 0 Å². The highest BCUT2D eigenvalue weighted by Gasteiger charge is 2.21. The molecule has 31 heavy (non-hydrogen) atoms. The van der Waals surface area contributed by atoms with E-state index in [2.05, 4.69) is 51.7 Å². The smallest absolute Gasteiger partial charge is 0.160 e. The number of aromatic nitrogens is 3. The van der Waals surface area contributed by atoms with Gasteiger partial charge >= 0.3 is 0 Å². The van der Waals surface area contributed by atoms with Gasteiger partial charge in [-0.05, 0) is 31.4 Å². The zero-order valence-corrected chi connectivity index (χ0v) is 18.4. The molecular weight excluding hydrogens is 406 g/mol. The number of likely N-dealkylation sites (tertiary alicyclic amines) is 1. The fourth-order valence-corrected chi connectivity index (χ4v) is 4.50. The number of nitrogens with one attached hydrogen (secondary N) is 1. The quantitative estimate of drug-likeness (QED) is 0.457. The number of hydrogen-bond acceptors (Lipinski definition) is 4. The van der Waals surface area contributed by atoms with Crippen LogP contribution in [0.1, 0.15) is 24.0 Å². The SMILES string of the molecule is Cc1cnn2c(NC3CCN(Cc4ccccc4)CC3)cc(-c3ccccc3Cl)nc12. The largest absolute Gasteiger partial charge is 0.367 e. The van der Waals surface area contributed by atoms with E-state index < -0.39 is 0 Å². The average molecular weight is 432 g/mol. The maximum absolute atomic E-state index is 6.46. The number of rotatable bonds is 5. The summed E-state index contributed by atoms with van der Waals surface area (Å²) in [6.07, 6.45) is 4.06. The van der Waals surface area contributed by atoms with E-state index in [1.165, 1.54) is 5.56 Å². The van der Waals surface area contributed by atoms with Gasteiger partial charge in [-0.25, -0.2) is 4.98 Å². The van der Waals surface area contributed by atoms with Crippen molar-refractivity contribution in [2.75, 3.05) is 18.4 Å². The van der Waals surface area contributed by atoms with Gasteiger partial charge in [0.25, 0.3) is 0 Å². The topological polar surface area (TPSA) is 45.5 Å². The molecule has 1 fully saturated rings. The second-order valence-electron chi connectivity index (χ2n) is 8.25. The second kappa shape index (κ2) is 8.69. The number of piperidine rings is 1. The molecule has 4 aromatic rings. The Morgan fingerprint density at radius 1 is 1.03 bits per heavy atom. The third kappa shape index (κ3) is 4.29. The first-order valence-corrected chi connectivity index (χ1v) is 11.2. The number of fused-ring (bicyclic) bond motifs is 1. The summed E-state index contributed by atoms with van der Waals surface area (Å²) in [5, 5.41) is 9.01. The van der Waals surface area contributed by atoms with Crippen molar-refractivity contribution in [1.82, 2.24) is 19.5 Å². The first kappa shape index (κ1) is 20.0. The van der Waals surface area contributed by atoms with Crippen LogP contribution >= 0.6 is 11.6 Å². The summed E-state index contributed by atoms with van der Waals surface area (Å²) in [4.78, 5) is 7.38. The molecule has 0 saturated carbocycles. The minimum Gasteiger partial charge on any atom is -0.367 e. The molecule has 6 heteroatoms. The van der Waals surface area contributed by atoms with E-state index in [0.29, 0.717) is 11.1 Å². The van der Waals surface area contributed by atoms with Gasteiger partial charge in [-0.3, -0.25) is 4.90 Å². The molecule has 1 aliphatic rings. The molecule has 158 valence electrons. The van der Waals surface area contributed by atoms with Crippen LogP contribution in [-0.2, 0) is 6.54 Å². The molecule has 0 aliphatic carbocycles. The molecule has 1 saturated heterocycles. The van der Waals surface area contributed by atoms with Gasteiger partial charge in [-0.1, -0.05) is 60.1 Å². The summed E-state index contributed by atoms with van der Waals surface area (Å²) in [6, 6.07) is 21.0. The molecule has 0 amide bonds. The summed E-state index contributed by atoms with van der Waals surface area (Å²) >= 11 is 6.46. The van der Waals surface area contributed by atoms with Crippen LogP contribution in [0.15, 0.2) is 66.9 Å². The van der Waals surface area contributed by atoms with Gasteiger partial charge in [0, 0.05) is 47.9 Å². The minimum atomic E-state index is 0.404. The number of aryl methyl sites for hydroxylation is 1. The molecular formula is C25H26ClN5. The molecule has 1 N–H and O–H groups in total. The minimum absolute atomic E-state index is 0.404. The number of hydrogen-bond donors (Lipinski definition) is 1. The predicted octanol–water partition coefficient (Wildman–Crippen LogP) is 5.43. The van der Waals surface area contributed by atoms with E-state index in [1.54, 1.807) is 0 Å². The lowest BCUT2D eigenvalue weighted by Gasteiger charge is -2.33. The number of nitrogens with zero attached hydrogens (tertiary/aromatic N) is 4. The van der Waals surface area contributed by atoms with Crippen LogP contribution in [0.25, 0.3) is 16.9 Å². The van der Waals surface area contributed by atoms with E-state index in [9.17, 15) is 0 Å². The van der Waals surface area contributed by atoms with Crippen LogP contribution in [0.2, 0.25) is 5.02 Å². The highest BCUT2D eigenvalue weighted by Crippen LogP contribution is 2.30. The van der Waals surface area contributed by atoms with Crippen LogP contribution < -0.4 is 5.32 Å². The van der Waals surface area contributed by atoms with Crippen LogP contribution in [0.4, 0.5) is 5.82 Å². The third-order valence-electron chi connectivity index (χ3n) is 5.99. The van der Waals surface area contributed by atoms with Crippen LogP contribution in [-0.4, -0.2) is 38.6 Å². The van der Waals surface area contributed by atoms with Gasteiger partial charge in [0.2, 0.25) is 0 Å². The molecule has 2 aromatic carbocycles. The van der Waals surface area contributed by atoms with Crippen molar-refractivity contribution in [3.63, 3.8) is 0 Å². The van der Waals surface area contributed by atoms with Crippen molar-refractivity contribution in [3.05, 3.63) is 83.0 Å². The van der Waals surface area contributed by atoms with E-state index in [4.69, 9.17) is 16.6 Å². The summed E-state index contributed by atoms with van der Waals surface area (Å²) in [6.45, 7) is 5.21. The maximum Gasteiger partial charge on any atom is 0.160 e. The molecule has 0 bridgehead atoms. The van der Waals surface area contributed by atoms with Gasteiger partial charge in [0.1, 0.15) is 5.82 Å². The van der Waals surface area contributed by atoms with Crippen molar-refractivity contribution in [3.8, 4) is 11.3 Å². The van der Waals surface area contributed by atoms with Crippen LogP contribution in [0.3, 0.4) is 0 Å². The Kier molecular flexibility index (Phi) is 5.62. The van der Waals surface area contributed by atoms with E-state index >= 15 is 0 Å². The maximum atomic E-state index is 6.46. The molecule has 0 spiro atoms. The molecule has 5 rings (SSSR count). The highest BCUT2D eigenvalue weighted by atomic mass is 35.5. The molecule has 1 aliphatic heterocycles. The summed E-state index contributed by atoms with van der Waals surface area (Å²) in [5.74, 6) is 0.967. The summed E-state index contributed by atoms with van der Waals surface area (Å²) in [7, 11) is 0. The Balaban J connectivity index is 1.35. The van der Waals surface area contributed by atoms with Crippen LogP contribution in [0.5, 0.6) is 0 Å². The van der Waals surface area contributed by atoms with Gasteiger partial charge in [-0.2, -0.15) is 9.61 Å². The summed E-state index contributed by atoms with van der Waals surface area (Å²) in [5.41, 5.74) is 5.09. The fourth-order valence-electron chi connectivity index (χ4n) is 4.27. The second-order valence-corrected chi connectivity index (χ2v) is 8.66. The van der Waals surface area contributed by atoms with Gasteiger partial charge < -0.3 is 5.32 Å². The Bertz CT molecular complexity index is 1180. The predicted molar refractivity (Wildman–Crippen MR) is 127 cm³/mol. The zero-order valence-electron chi connectivity index (χ0n) is 17.6. The molecule has 2 aromatic heterocycles. The van der Waals surface area contributed by atoms with E-state index in [0.717, 1.165) is 60.8 Å². The van der Waals surface area contributed by atoms with Gasteiger partial charge in [0.15, 0.2) is 5.65 Å². The van der Waals surface area contributed by atoms with E-state index in [-0.39, 0.29) is 0 Å². The van der Waals surface area contributed by atoms with Gasteiger partial charge in [-0.15, -0.1) is 0 Å². The standard InChI is InChI=1S/C25H26ClN5/c1-18-16-27-31-24(15-23(29-25(18)31)21-9-5-6-10-22(21)26)28-20-11-13-30(14-12-20)17-19-7-3-2-4-8-19/h2-10,15-16,20,28H,11-14,17H2,1H3. The third-order valence-corrected chi connectivity index (χ3v) is 6.32. The monoisotopic (exact) mass is 431 g/mol. The normalized spacial score (nSPS) is 15.4. The van der Waals surface area contributed by atoms with Crippen LogP contribution in [0, 0.1) is 6.92 Å². The Morgan fingerprint density at radius 2 is 1.77 bits per heavy atom. The molecule has 0 unspecified atom stereocenters. The zero-order chi connectivity index (χ0) is 21.2. The van der Waals surface area contributed by atoms with Crippen molar-refractivity contribution in [2.45, 2.75) is 32.4 Å². The Morgan fingerprint density at radius 3 is 2.55 bits per heavy atom. The van der Waals surface area contributed by atoms with E-state index in [1.807, 2.05) is 41.9 Å². The number of halogens is 1. The average Bonchev–Trinajstić information content (AvgIpc) is 3.17. The lowest BCUT2D eigenvalue weighted by atomic mass is 10.0. The molecule has 0 radical (unpaired) electrons. The Labute approximate surface area is 187 Å². The molecule has 3 heterocycles. The lowest BCUT2D eigenvalue weighted by Crippen LogP contribution is -2.39. The van der Waals surface area contributed by atoms with Crippen molar-refractivity contribution < 1.29 is 0 Å². The first-order chi connectivity index (χ1) is 15.2. The van der Waals surface area contributed by atoms with Crippen molar-refractivity contribution >= 4 is 23.1 Å². The fraction of sp³-hybridized carbons (Fsp3) is 0.280. The first-order valence-electron chi connectivity index (χ1n) is 10.8. The van der Waals surface area contributed by atoms with Crippen molar-refractivity contribution in [2.24, 2.45) is 0 Å². The lowest BCUT2D eigenvalue weighted by molar-refractivity contribution is 0.211. The number of benzene rings is 2. The molecule has 5 nitrogen and oxygen atoms in total. The summed E-state index contributed by atoms with van der Waals surface area (Å²) < 4.78 is 1.91. The van der Waals surface area contributed by atoms with Gasteiger partial charge in [0.05, 0.1) is 11.9 Å². The Hall–Kier alpha value is -2.89. The number of anilines is 1.